The van der Waals surface area contributed by atoms with Gasteiger partial charge < -0.3 is 4.74 Å². The number of nitrogens with zero attached hydrogens (tertiary/aromatic N) is 2. The van der Waals surface area contributed by atoms with Crippen molar-refractivity contribution in [1.29, 1.82) is 0 Å². The lowest BCUT2D eigenvalue weighted by Gasteiger charge is -2.12. The van der Waals surface area contributed by atoms with Gasteiger partial charge in [0.1, 0.15) is 12.4 Å². The van der Waals surface area contributed by atoms with Crippen molar-refractivity contribution in [2.24, 2.45) is 5.10 Å². The molecule has 0 spiro atoms. The Bertz CT molecular complexity index is 768. The highest BCUT2D eigenvalue weighted by molar-refractivity contribution is 5.86. The number of hydrogen-bond donors (Lipinski definition) is 1. The summed E-state index contributed by atoms with van der Waals surface area (Å²) in [5.74, 6) is 0.768. The van der Waals surface area contributed by atoms with E-state index >= 15 is 0 Å². The summed E-state index contributed by atoms with van der Waals surface area (Å²) in [6.45, 7) is 8.03. The zero-order valence-electron chi connectivity index (χ0n) is 13.7. The number of ether oxygens (including phenoxy) is 1. The molecule has 0 unspecified atom stereocenters. The monoisotopic (exact) mass is 325 g/mol. The van der Waals surface area contributed by atoms with Crippen molar-refractivity contribution in [3.63, 3.8) is 0 Å². The van der Waals surface area contributed by atoms with Crippen LogP contribution in [0.1, 0.15) is 16.7 Å². The first-order valence-electron chi connectivity index (χ1n) is 7.40. The minimum absolute atomic E-state index is 0.0409. The van der Waals surface area contributed by atoms with Gasteiger partial charge in [-0.05, 0) is 37.1 Å². The quantitative estimate of drug-likeness (QED) is 0.358. The van der Waals surface area contributed by atoms with Crippen molar-refractivity contribution in [1.82, 2.24) is 0 Å². The summed E-state index contributed by atoms with van der Waals surface area (Å²) < 4.78 is 5.73. The second-order valence-corrected chi connectivity index (χ2v) is 5.22. The summed E-state index contributed by atoms with van der Waals surface area (Å²) in [7, 11) is 0. The molecule has 0 saturated carbocycles. The van der Waals surface area contributed by atoms with Crippen LogP contribution in [0.4, 0.5) is 11.4 Å². The number of anilines is 1. The number of benzene rings is 2. The zero-order valence-corrected chi connectivity index (χ0v) is 13.7. The molecule has 2 rings (SSSR count). The number of rotatable bonds is 7. The average Bonchev–Trinajstić information content (AvgIpc) is 2.57. The van der Waals surface area contributed by atoms with Crippen molar-refractivity contribution in [2.75, 3.05) is 12.0 Å². The molecule has 0 heterocycles. The average molecular weight is 325 g/mol. The second kappa shape index (κ2) is 7.92. The fourth-order valence-electron chi connectivity index (χ4n) is 2.13. The Labute approximate surface area is 140 Å². The fourth-order valence-corrected chi connectivity index (χ4v) is 2.13. The molecule has 0 fully saturated rings. The Morgan fingerprint density at radius 2 is 1.88 bits per heavy atom. The van der Waals surface area contributed by atoms with E-state index in [-0.39, 0.29) is 5.69 Å². The molecular weight excluding hydrogens is 306 g/mol. The Morgan fingerprint density at radius 1 is 1.21 bits per heavy atom. The Morgan fingerprint density at radius 3 is 2.50 bits per heavy atom. The third-order valence-electron chi connectivity index (χ3n) is 3.42. The molecular formula is C18H19N3O3. The van der Waals surface area contributed by atoms with Gasteiger partial charge in [0.05, 0.1) is 16.8 Å². The van der Waals surface area contributed by atoms with Gasteiger partial charge in [-0.2, -0.15) is 5.10 Å². The molecule has 0 aromatic heterocycles. The highest BCUT2D eigenvalue weighted by atomic mass is 16.6. The van der Waals surface area contributed by atoms with Gasteiger partial charge in [-0.15, -0.1) is 0 Å². The first-order chi connectivity index (χ1) is 11.5. The summed E-state index contributed by atoms with van der Waals surface area (Å²) in [5.41, 5.74) is 6.49. The van der Waals surface area contributed by atoms with Crippen LogP contribution < -0.4 is 10.2 Å². The van der Waals surface area contributed by atoms with Crippen LogP contribution in [0.2, 0.25) is 0 Å². The summed E-state index contributed by atoms with van der Waals surface area (Å²) in [5, 5.41) is 14.8. The standard InChI is InChI=1S/C18H19N3O3/c1-4-11-24-18-14(3)6-5-13(2)17(18)12-19-20-15-7-9-16(10-8-15)21(22)23/h4-10,12,20H,1,11H2,2-3H3/b19-12+. The highest BCUT2D eigenvalue weighted by Crippen LogP contribution is 2.25. The van der Waals surface area contributed by atoms with Crippen LogP contribution in [-0.2, 0) is 0 Å². The normalized spacial score (nSPS) is 10.6. The van der Waals surface area contributed by atoms with Gasteiger partial charge in [-0.25, -0.2) is 0 Å². The van der Waals surface area contributed by atoms with E-state index in [0.29, 0.717) is 12.3 Å². The van der Waals surface area contributed by atoms with E-state index in [4.69, 9.17) is 4.74 Å². The molecule has 0 saturated heterocycles. The van der Waals surface area contributed by atoms with E-state index in [1.165, 1.54) is 12.1 Å². The lowest BCUT2D eigenvalue weighted by atomic mass is 10.0. The van der Waals surface area contributed by atoms with Crippen molar-refractivity contribution in [3.8, 4) is 5.75 Å². The van der Waals surface area contributed by atoms with E-state index in [1.807, 2.05) is 26.0 Å². The Balaban J connectivity index is 2.17. The number of aryl methyl sites for hydroxylation is 2. The van der Waals surface area contributed by atoms with Gasteiger partial charge in [0.2, 0.25) is 0 Å². The predicted octanol–water partition coefficient (Wildman–Crippen LogP) is 4.22. The minimum atomic E-state index is -0.438. The molecule has 0 atom stereocenters. The summed E-state index contributed by atoms with van der Waals surface area (Å²) in [4.78, 5) is 10.2. The Kier molecular flexibility index (Phi) is 5.68. The van der Waals surface area contributed by atoms with Gasteiger partial charge in [0, 0.05) is 17.7 Å². The van der Waals surface area contributed by atoms with Gasteiger partial charge in [0.25, 0.3) is 5.69 Å². The number of nitro groups is 1. The molecule has 1 N–H and O–H groups in total. The maximum Gasteiger partial charge on any atom is 0.269 e. The molecule has 2 aromatic rings. The third kappa shape index (κ3) is 4.19. The molecule has 124 valence electrons. The van der Waals surface area contributed by atoms with E-state index in [0.717, 1.165) is 22.4 Å². The van der Waals surface area contributed by atoms with Crippen LogP contribution in [-0.4, -0.2) is 17.7 Å². The molecule has 2 aromatic carbocycles. The molecule has 6 nitrogen and oxygen atoms in total. The first kappa shape index (κ1) is 17.2. The number of hydrogen-bond acceptors (Lipinski definition) is 5. The number of nitro benzene ring substituents is 1. The molecule has 0 bridgehead atoms. The van der Waals surface area contributed by atoms with Crippen molar-refractivity contribution >= 4 is 17.6 Å². The van der Waals surface area contributed by atoms with Crippen LogP contribution in [0.25, 0.3) is 0 Å². The van der Waals surface area contributed by atoms with E-state index in [2.05, 4.69) is 17.1 Å². The van der Waals surface area contributed by atoms with Crippen LogP contribution in [0.5, 0.6) is 5.75 Å². The Hall–Kier alpha value is -3.15. The summed E-state index contributed by atoms with van der Waals surface area (Å²) >= 11 is 0. The van der Waals surface area contributed by atoms with E-state index in [1.54, 1.807) is 24.4 Å². The first-order valence-corrected chi connectivity index (χ1v) is 7.40. The van der Waals surface area contributed by atoms with Gasteiger partial charge >= 0.3 is 0 Å². The van der Waals surface area contributed by atoms with Crippen molar-refractivity contribution in [2.45, 2.75) is 13.8 Å². The second-order valence-electron chi connectivity index (χ2n) is 5.22. The van der Waals surface area contributed by atoms with E-state index in [9.17, 15) is 10.1 Å². The molecule has 24 heavy (non-hydrogen) atoms. The summed E-state index contributed by atoms with van der Waals surface area (Å²) in [6, 6.07) is 10.1. The zero-order chi connectivity index (χ0) is 17.5. The lowest BCUT2D eigenvalue weighted by Crippen LogP contribution is -2.02. The maximum atomic E-state index is 10.6. The molecule has 0 amide bonds. The lowest BCUT2D eigenvalue weighted by molar-refractivity contribution is -0.384. The minimum Gasteiger partial charge on any atom is -0.489 e. The topological polar surface area (TPSA) is 76.8 Å². The predicted molar refractivity (Wildman–Crippen MR) is 95.9 cm³/mol. The smallest absolute Gasteiger partial charge is 0.269 e. The number of hydrazone groups is 1. The fraction of sp³-hybridized carbons (Fsp3) is 0.167. The van der Waals surface area contributed by atoms with Crippen LogP contribution in [0.3, 0.4) is 0 Å². The molecule has 0 aliphatic rings. The van der Waals surface area contributed by atoms with Gasteiger partial charge in [0.15, 0.2) is 0 Å². The highest BCUT2D eigenvalue weighted by Gasteiger charge is 2.08. The number of non-ortho nitro benzene ring substituents is 1. The largest absolute Gasteiger partial charge is 0.489 e. The molecule has 0 aliphatic heterocycles. The van der Waals surface area contributed by atoms with Crippen molar-refractivity contribution < 1.29 is 9.66 Å². The SMILES string of the molecule is C=CCOc1c(C)ccc(C)c1/C=N/Nc1ccc([N+](=O)[O-])cc1. The maximum absolute atomic E-state index is 10.6. The van der Waals surface area contributed by atoms with E-state index < -0.39 is 4.92 Å². The molecule has 0 aliphatic carbocycles. The molecule has 6 heteroatoms. The van der Waals surface area contributed by atoms with Gasteiger partial charge in [-0.3, -0.25) is 15.5 Å². The van der Waals surface area contributed by atoms with Crippen LogP contribution in [0.15, 0.2) is 54.2 Å². The summed E-state index contributed by atoms with van der Waals surface area (Å²) in [6.07, 6.45) is 3.37. The molecule has 0 radical (unpaired) electrons. The van der Waals surface area contributed by atoms with Crippen LogP contribution in [0, 0.1) is 24.0 Å². The van der Waals surface area contributed by atoms with Crippen molar-refractivity contribution in [3.05, 3.63) is 75.9 Å². The van der Waals surface area contributed by atoms with Crippen LogP contribution >= 0.6 is 0 Å². The number of nitrogens with one attached hydrogen (secondary N) is 1. The third-order valence-corrected chi connectivity index (χ3v) is 3.42. The van der Waals surface area contributed by atoms with Gasteiger partial charge in [-0.1, -0.05) is 24.8 Å².